The van der Waals surface area contributed by atoms with Crippen molar-refractivity contribution in [1.29, 1.82) is 0 Å². The van der Waals surface area contributed by atoms with Gasteiger partial charge < -0.3 is 4.74 Å². The second-order valence-electron chi connectivity index (χ2n) is 6.42. The summed E-state index contributed by atoms with van der Waals surface area (Å²) in [5, 5.41) is 0. The fourth-order valence-electron chi connectivity index (χ4n) is 2.54. The molecule has 134 valence electrons. The Labute approximate surface area is 142 Å². The molecule has 0 aliphatic heterocycles. The number of hydrogen-bond acceptors (Lipinski definition) is 3. The molecule has 0 aromatic rings. The first-order valence-electron chi connectivity index (χ1n) is 9.50. The molecule has 0 amide bonds. The van der Waals surface area contributed by atoms with Crippen LogP contribution in [0.15, 0.2) is 12.3 Å². The van der Waals surface area contributed by atoms with E-state index >= 15 is 0 Å². The number of ketones is 1. The van der Waals surface area contributed by atoms with Crippen molar-refractivity contribution < 1.29 is 14.3 Å². The van der Waals surface area contributed by atoms with E-state index in [0.29, 0.717) is 0 Å². The van der Waals surface area contributed by atoms with Gasteiger partial charge in [0.25, 0.3) is 0 Å². The molecule has 0 radical (unpaired) electrons. The topological polar surface area (TPSA) is 43.4 Å². The lowest BCUT2D eigenvalue weighted by Crippen LogP contribution is -2.04. The third-order valence-electron chi connectivity index (χ3n) is 3.91. The molecule has 0 atom stereocenters. The minimum Gasteiger partial charge on any atom is -0.435 e. The van der Waals surface area contributed by atoms with Gasteiger partial charge >= 0.3 is 5.97 Å². The second kappa shape index (κ2) is 17.2. The van der Waals surface area contributed by atoms with E-state index in [-0.39, 0.29) is 12.2 Å². The van der Waals surface area contributed by atoms with Crippen molar-refractivity contribution >= 4 is 11.8 Å². The van der Waals surface area contributed by atoms with Crippen molar-refractivity contribution in [2.24, 2.45) is 0 Å². The van der Waals surface area contributed by atoms with Gasteiger partial charge in [0.2, 0.25) is 0 Å². The average molecular weight is 325 g/mol. The van der Waals surface area contributed by atoms with Crippen LogP contribution in [0.1, 0.15) is 104 Å². The van der Waals surface area contributed by atoms with Crippen LogP contribution in [-0.2, 0) is 14.3 Å². The normalized spacial score (nSPS) is 11.0. The maximum atomic E-state index is 11.1. The van der Waals surface area contributed by atoms with Crippen LogP contribution in [0.2, 0.25) is 0 Å². The number of carbonyl (C=O) groups is 2. The van der Waals surface area contributed by atoms with Crippen molar-refractivity contribution in [2.45, 2.75) is 104 Å². The van der Waals surface area contributed by atoms with Crippen LogP contribution in [0.5, 0.6) is 0 Å². The van der Waals surface area contributed by atoms with Crippen molar-refractivity contribution in [3.63, 3.8) is 0 Å². The Morgan fingerprint density at radius 1 is 0.783 bits per heavy atom. The first kappa shape index (κ1) is 21.9. The zero-order valence-electron chi connectivity index (χ0n) is 15.3. The highest BCUT2D eigenvalue weighted by atomic mass is 16.5. The molecule has 0 N–H and O–H groups in total. The van der Waals surface area contributed by atoms with E-state index in [2.05, 4.69) is 6.92 Å². The molecule has 0 bridgehead atoms. The molecule has 0 aromatic carbocycles. The predicted octanol–water partition coefficient (Wildman–Crippen LogP) is 6.11. The average Bonchev–Trinajstić information content (AvgIpc) is 2.50. The van der Waals surface area contributed by atoms with E-state index in [1.54, 1.807) is 0 Å². The molecule has 0 aromatic heterocycles. The molecular weight excluding hydrogens is 288 g/mol. The lowest BCUT2D eigenvalue weighted by atomic mass is 10.0. The van der Waals surface area contributed by atoms with Crippen LogP contribution in [0.25, 0.3) is 0 Å². The van der Waals surface area contributed by atoms with E-state index in [9.17, 15) is 9.59 Å². The van der Waals surface area contributed by atoms with Gasteiger partial charge in [-0.1, -0.05) is 77.6 Å². The third kappa shape index (κ3) is 18.8. The standard InChI is InChI=1S/C20H36O3/c1-3-4-5-6-7-8-9-10-11-12-13-14-15-16-17-23-20(22)18-19(2)21/h16-17H,3-15,18H2,1-2H3. The smallest absolute Gasteiger partial charge is 0.318 e. The van der Waals surface area contributed by atoms with E-state index in [0.717, 1.165) is 12.8 Å². The van der Waals surface area contributed by atoms with Crippen LogP contribution in [-0.4, -0.2) is 11.8 Å². The maximum Gasteiger partial charge on any atom is 0.318 e. The van der Waals surface area contributed by atoms with Crippen LogP contribution >= 0.6 is 0 Å². The number of ether oxygens (including phenoxy) is 1. The first-order valence-corrected chi connectivity index (χ1v) is 9.50. The van der Waals surface area contributed by atoms with Gasteiger partial charge in [-0.15, -0.1) is 0 Å². The van der Waals surface area contributed by atoms with Gasteiger partial charge in [-0.05, 0) is 25.8 Å². The molecule has 0 rings (SSSR count). The Morgan fingerprint density at radius 2 is 1.26 bits per heavy atom. The van der Waals surface area contributed by atoms with Gasteiger partial charge in [0.05, 0.1) is 6.26 Å². The number of hydrogen-bond donors (Lipinski definition) is 0. The monoisotopic (exact) mass is 324 g/mol. The summed E-state index contributed by atoms with van der Waals surface area (Å²) in [6.07, 6.45) is 20.2. The summed E-state index contributed by atoms with van der Waals surface area (Å²) in [7, 11) is 0. The summed E-state index contributed by atoms with van der Waals surface area (Å²) >= 11 is 0. The van der Waals surface area contributed by atoms with Crippen LogP contribution < -0.4 is 0 Å². The summed E-state index contributed by atoms with van der Waals surface area (Å²) in [5.41, 5.74) is 0. The Balaban J connectivity index is 3.18. The zero-order chi connectivity index (χ0) is 17.2. The highest BCUT2D eigenvalue weighted by Crippen LogP contribution is 2.12. The molecule has 3 nitrogen and oxygen atoms in total. The second-order valence-corrected chi connectivity index (χ2v) is 6.42. The quantitative estimate of drug-likeness (QED) is 0.149. The predicted molar refractivity (Wildman–Crippen MR) is 96.2 cm³/mol. The molecular formula is C20H36O3. The fraction of sp³-hybridized carbons (Fsp3) is 0.800. The Kier molecular flexibility index (Phi) is 16.4. The van der Waals surface area contributed by atoms with Crippen molar-refractivity contribution in [3.05, 3.63) is 12.3 Å². The molecule has 0 fully saturated rings. The summed E-state index contributed by atoms with van der Waals surface area (Å²) < 4.78 is 4.82. The van der Waals surface area contributed by atoms with Crippen molar-refractivity contribution in [3.8, 4) is 0 Å². The van der Waals surface area contributed by atoms with E-state index < -0.39 is 5.97 Å². The Bertz CT molecular complexity index is 321. The van der Waals surface area contributed by atoms with Gasteiger partial charge in [0.15, 0.2) is 0 Å². The van der Waals surface area contributed by atoms with Crippen molar-refractivity contribution in [1.82, 2.24) is 0 Å². The van der Waals surface area contributed by atoms with Crippen molar-refractivity contribution in [2.75, 3.05) is 0 Å². The van der Waals surface area contributed by atoms with Gasteiger partial charge in [-0.3, -0.25) is 9.59 Å². The lowest BCUT2D eigenvalue weighted by molar-refractivity contribution is -0.140. The van der Waals surface area contributed by atoms with Gasteiger partial charge in [0, 0.05) is 0 Å². The molecule has 0 heterocycles. The first-order chi connectivity index (χ1) is 11.2. The highest BCUT2D eigenvalue weighted by molar-refractivity contribution is 5.94. The number of Topliss-reactive ketones (excluding diaryl/α,β-unsaturated/α-hetero) is 1. The highest BCUT2D eigenvalue weighted by Gasteiger charge is 2.03. The molecule has 3 heteroatoms. The maximum absolute atomic E-state index is 11.1. The zero-order valence-corrected chi connectivity index (χ0v) is 15.3. The fourth-order valence-corrected chi connectivity index (χ4v) is 2.54. The molecule has 0 saturated carbocycles. The number of carbonyl (C=O) groups excluding carboxylic acids is 2. The summed E-state index contributed by atoms with van der Waals surface area (Å²) in [6, 6.07) is 0. The Morgan fingerprint density at radius 3 is 1.74 bits per heavy atom. The molecule has 0 spiro atoms. The molecule has 0 saturated heterocycles. The van der Waals surface area contributed by atoms with Gasteiger partial charge in [0.1, 0.15) is 12.2 Å². The summed E-state index contributed by atoms with van der Waals surface area (Å²) in [4.78, 5) is 21.8. The van der Waals surface area contributed by atoms with Crippen LogP contribution in [0.3, 0.4) is 0 Å². The SMILES string of the molecule is CCCCCCCCCCCCCCC=COC(=O)CC(C)=O. The minimum absolute atomic E-state index is 0.136. The third-order valence-corrected chi connectivity index (χ3v) is 3.91. The van der Waals surface area contributed by atoms with E-state index in [4.69, 9.17) is 4.74 Å². The Hall–Kier alpha value is -1.12. The largest absolute Gasteiger partial charge is 0.435 e. The van der Waals surface area contributed by atoms with E-state index in [1.807, 2.05) is 6.08 Å². The van der Waals surface area contributed by atoms with Gasteiger partial charge in [-0.25, -0.2) is 0 Å². The number of rotatable bonds is 16. The molecule has 0 unspecified atom stereocenters. The number of esters is 1. The van der Waals surface area contributed by atoms with Gasteiger partial charge in [-0.2, -0.15) is 0 Å². The number of allylic oxidation sites excluding steroid dienone is 1. The summed E-state index contributed by atoms with van der Waals surface area (Å²) in [6.45, 7) is 3.65. The van der Waals surface area contributed by atoms with Crippen LogP contribution in [0, 0.1) is 0 Å². The van der Waals surface area contributed by atoms with Crippen LogP contribution in [0.4, 0.5) is 0 Å². The minimum atomic E-state index is -0.469. The number of unbranched alkanes of at least 4 members (excludes halogenated alkanes) is 12. The summed E-state index contributed by atoms with van der Waals surface area (Å²) in [5.74, 6) is -0.632. The molecule has 23 heavy (non-hydrogen) atoms. The molecule has 0 aliphatic carbocycles. The van der Waals surface area contributed by atoms with E-state index in [1.165, 1.54) is 83.8 Å². The molecule has 0 aliphatic rings. The lowest BCUT2D eigenvalue weighted by Gasteiger charge is -2.02.